The van der Waals surface area contributed by atoms with Gasteiger partial charge in [0.25, 0.3) is 0 Å². The first kappa shape index (κ1) is 19.5. The van der Waals surface area contributed by atoms with Gasteiger partial charge in [0.15, 0.2) is 8.32 Å². The molecule has 2 heteroatoms. The van der Waals surface area contributed by atoms with E-state index in [0.29, 0.717) is 22.3 Å². The topological polar surface area (TPSA) is 9.23 Å². The molecule has 0 radical (unpaired) electrons. The highest BCUT2D eigenvalue weighted by molar-refractivity contribution is 6.69. The minimum Gasteiger partial charge on any atom is -0.414 e. The Labute approximate surface area is 164 Å². The van der Waals surface area contributed by atoms with Crippen LogP contribution in [0.25, 0.3) is 0 Å². The molecule has 4 rings (SSSR count). The summed E-state index contributed by atoms with van der Waals surface area (Å²) in [7, 11) is -1.48. The summed E-state index contributed by atoms with van der Waals surface area (Å²) in [6, 6.07) is 0. The Balaban J connectivity index is 1.60. The molecule has 0 heterocycles. The lowest BCUT2D eigenvalue weighted by atomic mass is 9.41. The van der Waals surface area contributed by atoms with Crippen LogP contribution in [-0.4, -0.2) is 14.4 Å². The Kier molecular flexibility index (Phi) is 4.56. The zero-order chi connectivity index (χ0) is 19.0. The van der Waals surface area contributed by atoms with Crippen LogP contribution in [0.2, 0.25) is 19.6 Å². The average Bonchev–Trinajstić information content (AvgIpc) is 2.91. The molecule has 0 aliphatic heterocycles. The zero-order valence-corrected chi connectivity index (χ0v) is 19.7. The third kappa shape index (κ3) is 2.88. The van der Waals surface area contributed by atoms with Gasteiger partial charge < -0.3 is 4.43 Å². The molecule has 4 aliphatic carbocycles. The highest BCUT2D eigenvalue weighted by Gasteiger charge is 2.62. The molecule has 4 aliphatic rings. The van der Waals surface area contributed by atoms with Crippen LogP contribution in [-0.2, 0) is 4.43 Å². The monoisotopic (exact) mass is 376 g/mol. The summed E-state index contributed by atoms with van der Waals surface area (Å²) in [6.45, 7) is 17.6. The lowest BCUT2D eigenvalue weighted by Gasteiger charge is -2.65. The molecule has 150 valence electrons. The van der Waals surface area contributed by atoms with Crippen LogP contribution in [0.5, 0.6) is 0 Å². The fourth-order valence-electron chi connectivity index (χ4n) is 8.71. The van der Waals surface area contributed by atoms with Crippen molar-refractivity contribution < 1.29 is 4.43 Å². The van der Waals surface area contributed by atoms with E-state index in [1.165, 1.54) is 57.8 Å². The second kappa shape index (κ2) is 6.09. The van der Waals surface area contributed by atoms with Gasteiger partial charge in [0.1, 0.15) is 0 Å². The highest BCUT2D eigenvalue weighted by atomic mass is 28.4. The minimum atomic E-state index is -1.48. The number of hydrogen-bond acceptors (Lipinski definition) is 1. The SMILES string of the molecule is CC1(C)C(O[Si](C)(C)C)CC[C@@]2(C)C1CC[C@H]1[C@@H]3CCC[C@@]3(C)CC[C@@H]12. The molecule has 0 aromatic rings. The van der Waals surface area contributed by atoms with Gasteiger partial charge in [-0.2, -0.15) is 0 Å². The average molecular weight is 377 g/mol. The maximum absolute atomic E-state index is 6.75. The predicted molar refractivity (Wildman–Crippen MR) is 114 cm³/mol. The fraction of sp³-hybridized carbons (Fsp3) is 1.00. The molecule has 2 unspecified atom stereocenters. The van der Waals surface area contributed by atoms with E-state index in [9.17, 15) is 0 Å². The first-order chi connectivity index (χ1) is 12.0. The van der Waals surface area contributed by atoms with Gasteiger partial charge in [-0.3, -0.25) is 0 Å². The van der Waals surface area contributed by atoms with E-state index >= 15 is 0 Å². The Morgan fingerprint density at radius 2 is 1.50 bits per heavy atom. The molecular formula is C24H44OSi. The number of fused-ring (bicyclic) bond motifs is 5. The smallest absolute Gasteiger partial charge is 0.184 e. The van der Waals surface area contributed by atoms with E-state index in [1.807, 2.05) is 0 Å². The molecule has 1 nitrogen and oxygen atoms in total. The summed E-state index contributed by atoms with van der Waals surface area (Å²) in [5.74, 6) is 3.92. The summed E-state index contributed by atoms with van der Waals surface area (Å²) in [5.41, 5.74) is 1.60. The van der Waals surface area contributed by atoms with Crippen LogP contribution in [0.15, 0.2) is 0 Å². The van der Waals surface area contributed by atoms with Gasteiger partial charge in [0, 0.05) is 0 Å². The quantitative estimate of drug-likeness (QED) is 0.460. The summed E-state index contributed by atoms with van der Waals surface area (Å²) in [5, 5.41) is 0. The van der Waals surface area contributed by atoms with Crippen LogP contribution in [0.3, 0.4) is 0 Å². The second-order valence-electron chi connectivity index (χ2n) is 12.7. The van der Waals surface area contributed by atoms with Crippen molar-refractivity contribution in [1.82, 2.24) is 0 Å². The molecule has 0 bridgehead atoms. The van der Waals surface area contributed by atoms with Crippen LogP contribution >= 0.6 is 0 Å². The van der Waals surface area contributed by atoms with Crippen LogP contribution in [0.4, 0.5) is 0 Å². The van der Waals surface area contributed by atoms with E-state index in [4.69, 9.17) is 4.43 Å². The molecule has 0 saturated heterocycles. The maximum Gasteiger partial charge on any atom is 0.184 e. The van der Waals surface area contributed by atoms with Crippen molar-refractivity contribution in [3.63, 3.8) is 0 Å². The van der Waals surface area contributed by atoms with Gasteiger partial charge >= 0.3 is 0 Å². The van der Waals surface area contributed by atoms with Gasteiger partial charge in [0.05, 0.1) is 6.10 Å². The van der Waals surface area contributed by atoms with Crippen molar-refractivity contribution in [1.29, 1.82) is 0 Å². The second-order valence-corrected chi connectivity index (χ2v) is 17.1. The fourth-order valence-corrected chi connectivity index (χ4v) is 9.98. The standard InChI is InChI=1S/C24H44OSi/c1-22(2)20-11-10-17-18-9-8-14-23(18,3)15-12-19(17)24(20,4)16-13-21(22)25-26(5,6)7/h17-21H,8-16H2,1-7H3/t17-,18-,19-,20?,21?,23-,24+/m0/s1. The van der Waals surface area contributed by atoms with E-state index < -0.39 is 8.32 Å². The Morgan fingerprint density at radius 1 is 0.769 bits per heavy atom. The first-order valence-electron chi connectivity index (χ1n) is 11.7. The summed E-state index contributed by atoms with van der Waals surface area (Å²) >= 11 is 0. The lowest BCUT2D eigenvalue weighted by molar-refractivity contribution is -0.171. The molecule has 0 N–H and O–H groups in total. The third-order valence-corrected chi connectivity index (χ3v) is 10.8. The van der Waals surface area contributed by atoms with Crippen molar-refractivity contribution in [2.24, 2.45) is 39.9 Å². The van der Waals surface area contributed by atoms with Crippen LogP contribution in [0.1, 0.15) is 85.5 Å². The van der Waals surface area contributed by atoms with E-state index in [0.717, 1.165) is 23.7 Å². The van der Waals surface area contributed by atoms with Gasteiger partial charge in [-0.15, -0.1) is 0 Å². The molecular weight excluding hydrogens is 332 g/mol. The van der Waals surface area contributed by atoms with E-state index in [1.54, 1.807) is 0 Å². The molecule has 0 spiro atoms. The summed E-state index contributed by atoms with van der Waals surface area (Å²) in [6.07, 6.45) is 13.7. The van der Waals surface area contributed by atoms with Gasteiger partial charge in [-0.1, -0.05) is 34.1 Å². The first-order valence-corrected chi connectivity index (χ1v) is 15.1. The largest absolute Gasteiger partial charge is 0.414 e. The minimum absolute atomic E-state index is 0.342. The lowest BCUT2D eigenvalue weighted by Crippen LogP contribution is -2.60. The van der Waals surface area contributed by atoms with E-state index in [2.05, 4.69) is 47.3 Å². The zero-order valence-electron chi connectivity index (χ0n) is 18.7. The Hall–Kier alpha value is 0.177. The van der Waals surface area contributed by atoms with Crippen molar-refractivity contribution in [2.45, 2.75) is 111 Å². The molecule has 0 aromatic carbocycles. The van der Waals surface area contributed by atoms with Crippen molar-refractivity contribution in [3.8, 4) is 0 Å². The Bertz CT molecular complexity index is 549. The normalized spacial score (nSPS) is 50.7. The highest BCUT2D eigenvalue weighted by Crippen LogP contribution is 2.68. The van der Waals surface area contributed by atoms with Crippen LogP contribution in [0, 0.1) is 39.9 Å². The van der Waals surface area contributed by atoms with Crippen molar-refractivity contribution in [3.05, 3.63) is 0 Å². The molecule has 0 aromatic heterocycles. The van der Waals surface area contributed by atoms with Gasteiger partial charge in [-0.05, 0) is 111 Å². The summed E-state index contributed by atoms with van der Waals surface area (Å²) < 4.78 is 6.75. The van der Waals surface area contributed by atoms with Crippen molar-refractivity contribution >= 4 is 8.32 Å². The molecule has 4 fully saturated rings. The predicted octanol–water partition coefficient (Wildman–Crippen LogP) is 7.28. The number of rotatable bonds is 2. The molecule has 26 heavy (non-hydrogen) atoms. The van der Waals surface area contributed by atoms with Crippen molar-refractivity contribution in [2.75, 3.05) is 0 Å². The van der Waals surface area contributed by atoms with Gasteiger partial charge in [0.2, 0.25) is 0 Å². The Morgan fingerprint density at radius 3 is 2.19 bits per heavy atom. The maximum atomic E-state index is 6.75. The van der Waals surface area contributed by atoms with E-state index in [-0.39, 0.29) is 0 Å². The van der Waals surface area contributed by atoms with Gasteiger partial charge in [-0.25, -0.2) is 0 Å². The molecule has 4 saturated carbocycles. The molecule has 7 atom stereocenters. The van der Waals surface area contributed by atoms with Crippen LogP contribution < -0.4 is 0 Å². The third-order valence-electron chi connectivity index (χ3n) is 9.82. The summed E-state index contributed by atoms with van der Waals surface area (Å²) in [4.78, 5) is 0. The molecule has 0 amide bonds. The number of hydrogen-bond donors (Lipinski definition) is 0.